The van der Waals surface area contributed by atoms with Gasteiger partial charge in [-0.2, -0.15) is 0 Å². The Labute approximate surface area is 107 Å². The van der Waals surface area contributed by atoms with E-state index in [4.69, 9.17) is 5.73 Å². The number of nitrogens with zero attached hydrogens (tertiary/aromatic N) is 2. The van der Waals surface area contributed by atoms with Gasteiger partial charge in [-0.15, -0.1) is 4.68 Å². The second-order valence-corrected chi connectivity index (χ2v) is 3.89. The van der Waals surface area contributed by atoms with Crippen molar-refractivity contribution in [1.82, 2.24) is 5.10 Å². The van der Waals surface area contributed by atoms with E-state index in [1.807, 2.05) is 18.2 Å². The third kappa shape index (κ3) is 2.86. The lowest BCUT2D eigenvalue weighted by Gasteiger charge is -1.96. The molecular formula is C10H10BrN3OS. The van der Waals surface area contributed by atoms with Gasteiger partial charge in [-0.25, -0.2) is 0 Å². The Balaban J connectivity index is 0.00000128. The van der Waals surface area contributed by atoms with Crippen LogP contribution in [0.1, 0.15) is 10.4 Å². The predicted molar refractivity (Wildman–Crippen MR) is 57.5 cm³/mol. The topological polar surface area (TPSA) is 59.9 Å². The van der Waals surface area contributed by atoms with Crippen molar-refractivity contribution in [2.75, 3.05) is 5.73 Å². The fourth-order valence-corrected chi connectivity index (χ4v) is 1.72. The molecule has 84 valence electrons. The Bertz CT molecular complexity index is 472. The van der Waals surface area contributed by atoms with Crippen LogP contribution in [0.4, 0.5) is 5.13 Å². The number of carbonyl (C=O) groups is 1. The van der Waals surface area contributed by atoms with Crippen LogP contribution in [0.25, 0.3) is 0 Å². The van der Waals surface area contributed by atoms with Crippen molar-refractivity contribution in [1.29, 1.82) is 0 Å². The van der Waals surface area contributed by atoms with Gasteiger partial charge in [0, 0.05) is 5.56 Å². The second kappa shape index (κ2) is 5.72. The standard InChI is InChI=1S/C10H9N3OS.BrH/c11-10-13(12-7-15-10)6-9(14)8-4-2-1-3-5-8;/h1-5,7,11H,6H2;1H. The molecule has 0 saturated heterocycles. The summed E-state index contributed by atoms with van der Waals surface area (Å²) >= 11 is 1.32. The number of ketones is 1. The summed E-state index contributed by atoms with van der Waals surface area (Å²) in [5.41, 5.74) is 7.93. The summed E-state index contributed by atoms with van der Waals surface area (Å²) in [6.45, 7) is 0.194. The number of rotatable bonds is 3. The van der Waals surface area contributed by atoms with Crippen LogP contribution in [0, 0.1) is 0 Å². The summed E-state index contributed by atoms with van der Waals surface area (Å²) in [6.07, 6.45) is 0. The SMILES string of the molecule is Nc1scn[n+]1CC(=O)c1ccccc1.[Br-]. The van der Waals surface area contributed by atoms with E-state index in [9.17, 15) is 4.79 Å². The summed E-state index contributed by atoms with van der Waals surface area (Å²) in [5, 5.41) is 4.51. The molecule has 0 saturated carbocycles. The van der Waals surface area contributed by atoms with E-state index in [-0.39, 0.29) is 29.3 Å². The Kier molecular flexibility index (Phi) is 4.57. The highest BCUT2D eigenvalue weighted by atomic mass is 79.9. The summed E-state index contributed by atoms with van der Waals surface area (Å²) in [7, 11) is 0. The molecule has 2 N–H and O–H groups in total. The van der Waals surface area contributed by atoms with Gasteiger partial charge in [0.05, 0.1) is 0 Å². The number of anilines is 1. The van der Waals surface area contributed by atoms with Gasteiger partial charge in [-0.3, -0.25) is 10.5 Å². The van der Waals surface area contributed by atoms with Crippen LogP contribution in [0.5, 0.6) is 0 Å². The smallest absolute Gasteiger partial charge is 0.354 e. The van der Waals surface area contributed by atoms with Crippen LogP contribution in [-0.2, 0) is 6.54 Å². The molecule has 2 aromatic rings. The first kappa shape index (κ1) is 12.8. The summed E-state index contributed by atoms with van der Waals surface area (Å²) < 4.78 is 1.50. The van der Waals surface area contributed by atoms with Gasteiger partial charge < -0.3 is 17.0 Å². The van der Waals surface area contributed by atoms with Crippen LogP contribution >= 0.6 is 11.3 Å². The molecule has 16 heavy (non-hydrogen) atoms. The molecule has 0 aliphatic rings. The molecule has 6 heteroatoms. The Morgan fingerprint density at radius 1 is 1.38 bits per heavy atom. The molecule has 0 fully saturated rings. The molecule has 0 radical (unpaired) electrons. The van der Waals surface area contributed by atoms with Crippen molar-refractivity contribution in [2.45, 2.75) is 6.54 Å². The molecule has 0 aliphatic carbocycles. The van der Waals surface area contributed by atoms with Gasteiger partial charge in [0.15, 0.2) is 6.54 Å². The van der Waals surface area contributed by atoms with Gasteiger partial charge in [0.2, 0.25) is 5.78 Å². The average molecular weight is 300 g/mol. The molecule has 0 amide bonds. The Hall–Kier alpha value is -1.27. The number of halogens is 1. The van der Waals surface area contributed by atoms with Gasteiger partial charge in [0.1, 0.15) is 5.51 Å². The number of benzene rings is 1. The summed E-state index contributed by atoms with van der Waals surface area (Å²) in [4.78, 5) is 11.8. The van der Waals surface area contributed by atoms with Crippen LogP contribution in [-0.4, -0.2) is 10.9 Å². The van der Waals surface area contributed by atoms with Gasteiger partial charge in [-0.05, 0) is 11.3 Å². The maximum atomic E-state index is 11.8. The zero-order chi connectivity index (χ0) is 10.7. The van der Waals surface area contributed by atoms with Crippen LogP contribution in [0.2, 0.25) is 0 Å². The highest BCUT2D eigenvalue weighted by molar-refractivity contribution is 7.12. The van der Waals surface area contributed by atoms with Gasteiger partial charge >= 0.3 is 5.13 Å². The van der Waals surface area contributed by atoms with Gasteiger partial charge in [0.25, 0.3) is 0 Å². The van der Waals surface area contributed by atoms with Crippen molar-refractivity contribution in [3.63, 3.8) is 0 Å². The molecule has 1 heterocycles. The van der Waals surface area contributed by atoms with Crippen LogP contribution < -0.4 is 27.4 Å². The first-order chi connectivity index (χ1) is 7.27. The Morgan fingerprint density at radius 3 is 2.62 bits per heavy atom. The van der Waals surface area contributed by atoms with Crippen molar-refractivity contribution in [3.05, 3.63) is 41.4 Å². The highest BCUT2D eigenvalue weighted by Crippen LogP contribution is 2.03. The first-order valence-corrected chi connectivity index (χ1v) is 5.32. The van der Waals surface area contributed by atoms with E-state index in [2.05, 4.69) is 5.10 Å². The van der Waals surface area contributed by atoms with E-state index in [0.717, 1.165) is 0 Å². The van der Waals surface area contributed by atoms with Gasteiger partial charge in [-0.1, -0.05) is 35.4 Å². The van der Waals surface area contributed by atoms with E-state index >= 15 is 0 Å². The van der Waals surface area contributed by atoms with Crippen molar-refractivity contribution in [3.8, 4) is 0 Å². The quantitative estimate of drug-likeness (QED) is 0.522. The van der Waals surface area contributed by atoms with Crippen LogP contribution in [0.3, 0.4) is 0 Å². The molecule has 2 rings (SSSR count). The largest absolute Gasteiger partial charge is 1.00 e. The minimum atomic E-state index is 0. The summed E-state index contributed by atoms with van der Waals surface area (Å²) in [5.74, 6) is 0.0122. The lowest BCUT2D eigenvalue weighted by Crippen LogP contribution is -3.00. The number of carbonyl (C=O) groups excluding carboxylic acids is 1. The number of nitrogen functional groups attached to an aromatic ring is 1. The molecule has 0 bridgehead atoms. The number of aromatic nitrogens is 2. The monoisotopic (exact) mass is 299 g/mol. The molecular weight excluding hydrogens is 290 g/mol. The number of nitrogens with two attached hydrogens (primary N) is 1. The van der Waals surface area contributed by atoms with E-state index < -0.39 is 0 Å². The van der Waals surface area contributed by atoms with Crippen LogP contribution in [0.15, 0.2) is 35.8 Å². The number of hydrogen-bond acceptors (Lipinski definition) is 4. The van der Waals surface area contributed by atoms with E-state index in [1.54, 1.807) is 17.6 Å². The molecule has 0 spiro atoms. The normalized spacial score (nSPS) is 9.50. The van der Waals surface area contributed by atoms with E-state index in [0.29, 0.717) is 10.7 Å². The molecule has 0 atom stereocenters. The lowest BCUT2D eigenvalue weighted by molar-refractivity contribution is -0.723. The third-order valence-corrected chi connectivity index (χ3v) is 2.66. The number of hydrogen-bond donors (Lipinski definition) is 1. The minimum absolute atomic E-state index is 0. The van der Waals surface area contributed by atoms with E-state index in [1.165, 1.54) is 16.0 Å². The van der Waals surface area contributed by atoms with Crippen molar-refractivity contribution >= 4 is 22.3 Å². The second-order valence-electron chi connectivity index (χ2n) is 3.02. The predicted octanol–water partition coefficient (Wildman–Crippen LogP) is -2.10. The zero-order valence-corrected chi connectivity index (χ0v) is 10.7. The fourth-order valence-electron chi connectivity index (χ4n) is 1.22. The fraction of sp³-hybridized carbons (Fsp3) is 0.100. The molecule has 1 aromatic carbocycles. The minimum Gasteiger partial charge on any atom is -1.00 e. The highest BCUT2D eigenvalue weighted by Gasteiger charge is 2.14. The van der Waals surface area contributed by atoms with Crippen molar-refractivity contribution in [2.24, 2.45) is 0 Å². The lowest BCUT2D eigenvalue weighted by atomic mass is 10.1. The van der Waals surface area contributed by atoms with Crippen molar-refractivity contribution < 1.29 is 26.5 Å². The summed E-state index contributed by atoms with van der Waals surface area (Å²) in [6, 6.07) is 9.11. The third-order valence-electron chi connectivity index (χ3n) is 2.00. The Morgan fingerprint density at radius 2 is 2.06 bits per heavy atom. The average Bonchev–Trinajstić information content (AvgIpc) is 2.66. The molecule has 0 unspecified atom stereocenters. The molecule has 4 nitrogen and oxygen atoms in total. The maximum absolute atomic E-state index is 11.8. The number of Topliss-reactive ketones (excluding diaryl/α,β-unsaturated/α-hetero) is 1. The molecule has 0 aliphatic heterocycles. The maximum Gasteiger partial charge on any atom is 0.354 e. The molecule has 1 aromatic heterocycles. The first-order valence-electron chi connectivity index (χ1n) is 4.44. The zero-order valence-electron chi connectivity index (χ0n) is 8.34.